The van der Waals surface area contributed by atoms with Crippen molar-refractivity contribution in [1.82, 2.24) is 9.97 Å². The molecule has 12 rings (SSSR count). The van der Waals surface area contributed by atoms with Gasteiger partial charge in [0.25, 0.3) is 0 Å². The van der Waals surface area contributed by atoms with Gasteiger partial charge in [0.1, 0.15) is 11.2 Å². The molecule has 0 fully saturated rings. The molecule has 1 spiro atoms. The molecule has 1 unspecified atom stereocenters. The highest BCUT2D eigenvalue weighted by Gasteiger charge is 2.52. The molecule has 59 heavy (non-hydrogen) atoms. The summed E-state index contributed by atoms with van der Waals surface area (Å²) in [5.74, 6) is 0.568. The van der Waals surface area contributed by atoms with E-state index in [-0.39, 0.29) is 9.79 Å². The fourth-order valence-electron chi connectivity index (χ4n) is 9.58. The molecule has 6 heteroatoms. The smallest absolute Gasteiger partial charge is 0.207 e. The van der Waals surface area contributed by atoms with Crippen molar-refractivity contribution >= 4 is 31.8 Å². The predicted molar refractivity (Wildman–Crippen MR) is 234 cm³/mol. The highest BCUT2D eigenvalue weighted by Crippen LogP contribution is 2.60. The minimum Gasteiger partial charge on any atom is -0.456 e. The van der Waals surface area contributed by atoms with Gasteiger partial charge in [0, 0.05) is 27.5 Å². The van der Waals surface area contributed by atoms with Crippen molar-refractivity contribution in [3.8, 4) is 56.2 Å². The Labute approximate surface area is 340 Å². The first kappa shape index (κ1) is 33.7. The van der Waals surface area contributed by atoms with Crippen molar-refractivity contribution in [3.05, 3.63) is 216 Å². The van der Waals surface area contributed by atoms with E-state index in [4.69, 9.17) is 14.4 Å². The topological polar surface area (TPSA) is 73.1 Å². The van der Waals surface area contributed by atoms with E-state index in [1.165, 1.54) is 0 Å². The first-order chi connectivity index (χ1) is 29.0. The number of sulfone groups is 1. The number of hydrogen-bond acceptors (Lipinski definition) is 5. The van der Waals surface area contributed by atoms with Gasteiger partial charge in [-0.25, -0.2) is 18.4 Å². The van der Waals surface area contributed by atoms with Gasteiger partial charge in [-0.15, -0.1) is 0 Å². The highest BCUT2D eigenvalue weighted by atomic mass is 32.2. The monoisotopic (exact) mass is 776 g/mol. The molecule has 2 aliphatic rings. The lowest BCUT2D eigenvalue weighted by Gasteiger charge is -2.42. The van der Waals surface area contributed by atoms with E-state index >= 15 is 8.42 Å². The molecule has 1 aliphatic heterocycles. The van der Waals surface area contributed by atoms with Gasteiger partial charge in [-0.05, 0) is 80.9 Å². The Morgan fingerprint density at radius 3 is 1.68 bits per heavy atom. The Morgan fingerprint density at radius 1 is 0.390 bits per heavy atom. The lowest BCUT2D eigenvalue weighted by molar-refractivity contribution is 0.579. The van der Waals surface area contributed by atoms with Crippen LogP contribution in [0.15, 0.2) is 208 Å². The summed E-state index contributed by atoms with van der Waals surface area (Å²) in [5.41, 5.74) is 12.0. The standard InChI is InChI=1S/C53H32N2O3S/c56-59(57)50-26-14-12-24-43(50)53(45-31-49-41(30-51(45)59)40-22-10-13-25-48(40)58-49)42-23-11-9-21-38(42)36-19-7-8-20-37(36)39-28-27-35(29-44(39)53)52-54-46(33-15-3-1-4-16-33)32-47(55-52)34-17-5-2-6-18-34/h1-32H. The molecule has 1 aliphatic carbocycles. The zero-order valence-corrected chi connectivity index (χ0v) is 32.3. The number of nitrogens with zero attached hydrogens (tertiary/aromatic N) is 2. The van der Waals surface area contributed by atoms with Crippen molar-refractivity contribution in [2.75, 3.05) is 0 Å². The number of fused-ring (bicyclic) bond motifs is 14. The van der Waals surface area contributed by atoms with Crippen LogP contribution < -0.4 is 0 Å². The average molecular weight is 777 g/mol. The summed E-state index contributed by atoms with van der Waals surface area (Å²) in [4.78, 5) is 11.0. The summed E-state index contributed by atoms with van der Waals surface area (Å²) >= 11 is 0. The van der Waals surface area contributed by atoms with Crippen LogP contribution in [0.4, 0.5) is 0 Å². The number of rotatable bonds is 3. The van der Waals surface area contributed by atoms with E-state index in [0.29, 0.717) is 28.1 Å². The van der Waals surface area contributed by atoms with Gasteiger partial charge < -0.3 is 4.42 Å². The summed E-state index contributed by atoms with van der Waals surface area (Å²) < 4.78 is 36.8. The number of benzene rings is 8. The maximum atomic E-state index is 15.1. The molecule has 0 saturated carbocycles. The second kappa shape index (κ2) is 12.5. The van der Waals surface area contributed by atoms with Crippen LogP contribution in [-0.2, 0) is 15.3 Å². The van der Waals surface area contributed by atoms with Gasteiger partial charge in [-0.3, -0.25) is 0 Å². The Hall–Kier alpha value is -7.41. The largest absolute Gasteiger partial charge is 0.456 e. The Morgan fingerprint density at radius 2 is 0.966 bits per heavy atom. The van der Waals surface area contributed by atoms with Crippen molar-refractivity contribution in [2.24, 2.45) is 0 Å². The molecule has 2 aromatic heterocycles. The lowest BCUT2D eigenvalue weighted by Crippen LogP contribution is -2.38. The molecule has 10 aromatic rings. The third-order valence-electron chi connectivity index (χ3n) is 12.1. The maximum absolute atomic E-state index is 15.1. The van der Waals surface area contributed by atoms with Gasteiger partial charge in [-0.1, -0.05) is 158 Å². The second-order valence-electron chi connectivity index (χ2n) is 15.2. The van der Waals surface area contributed by atoms with Crippen LogP contribution in [0.25, 0.3) is 78.1 Å². The van der Waals surface area contributed by atoms with Gasteiger partial charge in [-0.2, -0.15) is 0 Å². The number of furan rings is 1. The number of hydrogen-bond donors (Lipinski definition) is 0. The second-order valence-corrected chi connectivity index (χ2v) is 17.1. The molecule has 0 bridgehead atoms. The minimum atomic E-state index is -4.00. The van der Waals surface area contributed by atoms with Crippen molar-refractivity contribution in [2.45, 2.75) is 15.2 Å². The predicted octanol–water partition coefficient (Wildman–Crippen LogP) is 12.6. The van der Waals surface area contributed by atoms with E-state index in [1.807, 2.05) is 97.1 Å². The van der Waals surface area contributed by atoms with E-state index in [2.05, 4.69) is 91.0 Å². The summed E-state index contributed by atoms with van der Waals surface area (Å²) in [7, 11) is -4.00. The Kier molecular flexibility index (Phi) is 7.17. The van der Waals surface area contributed by atoms with Crippen LogP contribution in [0, 0.1) is 0 Å². The lowest BCUT2D eigenvalue weighted by atomic mass is 9.63. The Bertz CT molecular complexity index is 3410. The molecule has 278 valence electrons. The molecule has 0 saturated heterocycles. The molecule has 0 radical (unpaired) electrons. The molecular formula is C53H32N2O3S. The van der Waals surface area contributed by atoms with Crippen LogP contribution in [0.1, 0.15) is 22.3 Å². The quantitative estimate of drug-likeness (QED) is 0.179. The maximum Gasteiger partial charge on any atom is 0.207 e. The number of aromatic nitrogens is 2. The fourth-order valence-corrected chi connectivity index (χ4v) is 11.4. The van der Waals surface area contributed by atoms with Crippen LogP contribution >= 0.6 is 0 Å². The van der Waals surface area contributed by atoms with Crippen LogP contribution in [-0.4, -0.2) is 18.4 Å². The van der Waals surface area contributed by atoms with E-state index < -0.39 is 15.3 Å². The van der Waals surface area contributed by atoms with E-state index in [0.717, 1.165) is 72.2 Å². The molecule has 1 atom stereocenters. The van der Waals surface area contributed by atoms with Gasteiger partial charge in [0.15, 0.2) is 5.82 Å². The summed E-state index contributed by atoms with van der Waals surface area (Å²) in [5, 5.41) is 1.63. The molecule has 0 N–H and O–H groups in total. The molecule has 5 nitrogen and oxygen atoms in total. The van der Waals surface area contributed by atoms with Gasteiger partial charge in [0.2, 0.25) is 9.84 Å². The van der Waals surface area contributed by atoms with Gasteiger partial charge >= 0.3 is 0 Å². The summed E-state index contributed by atoms with van der Waals surface area (Å²) in [6, 6.07) is 64.9. The fraction of sp³-hybridized carbons (Fsp3) is 0.0189. The summed E-state index contributed by atoms with van der Waals surface area (Å²) in [6.07, 6.45) is 0. The normalized spacial score (nSPS) is 15.8. The van der Waals surface area contributed by atoms with Crippen molar-refractivity contribution in [3.63, 3.8) is 0 Å². The highest BCUT2D eigenvalue weighted by molar-refractivity contribution is 7.91. The molecule has 8 aromatic carbocycles. The van der Waals surface area contributed by atoms with Crippen LogP contribution in [0.5, 0.6) is 0 Å². The Balaban J connectivity index is 1.24. The van der Waals surface area contributed by atoms with E-state index in [9.17, 15) is 0 Å². The molecule has 3 heterocycles. The zero-order valence-electron chi connectivity index (χ0n) is 31.5. The summed E-state index contributed by atoms with van der Waals surface area (Å²) in [6.45, 7) is 0. The minimum absolute atomic E-state index is 0.265. The molecule has 0 amide bonds. The third-order valence-corrected chi connectivity index (χ3v) is 14.0. The molecular weight excluding hydrogens is 745 g/mol. The first-order valence-electron chi connectivity index (χ1n) is 19.6. The number of para-hydroxylation sites is 1. The average Bonchev–Trinajstić information content (AvgIpc) is 3.62. The van der Waals surface area contributed by atoms with Crippen molar-refractivity contribution < 1.29 is 12.8 Å². The van der Waals surface area contributed by atoms with Crippen LogP contribution in [0.2, 0.25) is 0 Å². The first-order valence-corrected chi connectivity index (χ1v) is 21.1. The van der Waals surface area contributed by atoms with Crippen LogP contribution in [0.3, 0.4) is 0 Å². The van der Waals surface area contributed by atoms with E-state index in [1.54, 1.807) is 6.07 Å². The van der Waals surface area contributed by atoms with Gasteiger partial charge in [0.05, 0.1) is 26.6 Å². The zero-order chi connectivity index (χ0) is 39.3. The van der Waals surface area contributed by atoms with Crippen molar-refractivity contribution in [1.29, 1.82) is 0 Å². The third kappa shape index (κ3) is 4.81. The SMILES string of the molecule is O=S1(=O)c2ccccc2C2(c3ccccc3-c3ccccc3-c3ccc(-c4nc(-c5ccccc5)cc(-c5ccccc5)n4)cc32)c2cc3oc4ccccc4c3cc21.